The number of carbonyl (C=O) groups is 2. The zero-order valence-corrected chi connectivity index (χ0v) is 12.6. The number of carbonyl (C=O) groups excluding carboxylic acids is 1. The van der Waals surface area contributed by atoms with Gasteiger partial charge in [-0.3, -0.25) is 9.69 Å². The molecule has 0 aromatic heterocycles. The summed E-state index contributed by atoms with van der Waals surface area (Å²) < 4.78 is 27.5. The maximum Gasteiger partial charge on any atom is 0.345 e. The van der Waals surface area contributed by atoms with Crippen LogP contribution in [0.25, 0.3) is 0 Å². The minimum Gasteiger partial charge on any atom is -0.480 e. The highest BCUT2D eigenvalue weighted by molar-refractivity contribution is 5.74. The zero-order chi connectivity index (χ0) is 16.5. The smallest absolute Gasteiger partial charge is 0.345 e. The number of hydrogen-bond donors (Lipinski definition) is 3. The van der Waals surface area contributed by atoms with Crippen molar-refractivity contribution >= 4 is 12.0 Å². The number of ether oxygens (including phenoxy) is 1. The summed E-state index contributed by atoms with van der Waals surface area (Å²) in [5.74, 6) is -0.859. The Labute approximate surface area is 128 Å². The Morgan fingerprint density at radius 2 is 2.09 bits per heavy atom. The van der Waals surface area contributed by atoms with E-state index >= 15 is 0 Å². The van der Waals surface area contributed by atoms with Crippen LogP contribution < -0.4 is 10.6 Å². The molecule has 128 valence electrons. The van der Waals surface area contributed by atoms with E-state index in [1.165, 1.54) is 0 Å². The number of amides is 2. The van der Waals surface area contributed by atoms with Crippen LogP contribution >= 0.6 is 0 Å². The molecule has 0 aromatic rings. The van der Waals surface area contributed by atoms with Crippen LogP contribution in [0, 0.1) is 0 Å². The van der Waals surface area contributed by atoms with Crippen LogP contribution in [0.3, 0.4) is 0 Å². The van der Waals surface area contributed by atoms with Gasteiger partial charge in [0, 0.05) is 18.6 Å². The van der Waals surface area contributed by atoms with Gasteiger partial charge in [-0.05, 0) is 25.8 Å². The second-order valence-corrected chi connectivity index (χ2v) is 5.16. The molecule has 0 radical (unpaired) electrons. The minimum atomic E-state index is -2.78. The fourth-order valence-electron chi connectivity index (χ4n) is 2.36. The number of halogens is 2. The topological polar surface area (TPSA) is 90.9 Å². The quantitative estimate of drug-likeness (QED) is 0.519. The van der Waals surface area contributed by atoms with Crippen molar-refractivity contribution in [3.63, 3.8) is 0 Å². The molecule has 1 saturated carbocycles. The predicted octanol–water partition coefficient (Wildman–Crippen LogP) is 0.852. The number of rotatable bonds is 10. The van der Waals surface area contributed by atoms with Gasteiger partial charge >= 0.3 is 18.6 Å². The summed E-state index contributed by atoms with van der Waals surface area (Å²) in [6.07, 6.45) is 1.74. The van der Waals surface area contributed by atoms with Crippen LogP contribution in [0.15, 0.2) is 0 Å². The van der Waals surface area contributed by atoms with E-state index < -0.39 is 12.6 Å². The zero-order valence-electron chi connectivity index (χ0n) is 12.6. The van der Waals surface area contributed by atoms with Crippen molar-refractivity contribution in [2.45, 2.75) is 44.9 Å². The van der Waals surface area contributed by atoms with E-state index in [1.807, 2.05) is 11.8 Å². The number of hydrogen-bond acceptors (Lipinski definition) is 4. The summed E-state index contributed by atoms with van der Waals surface area (Å²) in [6, 6.07) is -0.155. The largest absolute Gasteiger partial charge is 0.480 e. The van der Waals surface area contributed by atoms with Crippen molar-refractivity contribution in [3.8, 4) is 0 Å². The Hall–Kier alpha value is -1.48. The summed E-state index contributed by atoms with van der Waals surface area (Å²) in [6.45, 7) is -0.0749. The number of nitrogens with one attached hydrogen (secondary N) is 2. The highest BCUT2D eigenvalue weighted by Crippen LogP contribution is 2.25. The van der Waals surface area contributed by atoms with Crippen LogP contribution in [0.2, 0.25) is 0 Å². The third-order valence-electron chi connectivity index (χ3n) is 3.56. The molecular weight excluding hydrogens is 300 g/mol. The number of alkyl halides is 2. The van der Waals surface area contributed by atoms with Gasteiger partial charge in [0.1, 0.15) is 0 Å². The first kappa shape index (κ1) is 18.6. The Kier molecular flexibility index (Phi) is 8.03. The number of carboxylic acids is 1. The Bertz CT molecular complexity index is 365. The second-order valence-electron chi connectivity index (χ2n) is 5.16. The molecule has 1 fully saturated rings. The van der Waals surface area contributed by atoms with Gasteiger partial charge < -0.3 is 20.5 Å². The Morgan fingerprint density at radius 3 is 2.64 bits per heavy atom. The summed E-state index contributed by atoms with van der Waals surface area (Å²) in [7, 11) is 0. The first-order chi connectivity index (χ1) is 10.4. The van der Waals surface area contributed by atoms with Gasteiger partial charge in [-0.1, -0.05) is 6.92 Å². The van der Waals surface area contributed by atoms with Crippen LogP contribution in [0.5, 0.6) is 0 Å². The average molecular weight is 323 g/mol. The molecule has 0 bridgehead atoms. The molecule has 7 nitrogen and oxygen atoms in total. The minimum absolute atomic E-state index is 0.00419. The molecule has 1 aliphatic carbocycles. The maximum atomic E-state index is 11.7. The van der Waals surface area contributed by atoms with Crippen LogP contribution in [0.4, 0.5) is 13.6 Å². The van der Waals surface area contributed by atoms with Gasteiger partial charge in [-0.2, -0.15) is 8.78 Å². The molecule has 2 amide bonds. The SMILES string of the molecule is CCN(CC(=O)O)C1CC(NC(=O)NCCCOC(F)F)C1. The standard InChI is InChI=1S/C13H23F2N3O4/c1-2-18(8-11(19)20)10-6-9(7-10)17-13(21)16-4-3-5-22-12(14)15/h9-10,12H,2-8H2,1H3,(H,19,20)(H2,16,17,21). The molecule has 3 N–H and O–H groups in total. The third kappa shape index (κ3) is 6.99. The van der Waals surface area contributed by atoms with Gasteiger partial charge in [0.15, 0.2) is 0 Å². The predicted molar refractivity (Wildman–Crippen MR) is 74.8 cm³/mol. The first-order valence-electron chi connectivity index (χ1n) is 7.32. The first-order valence-corrected chi connectivity index (χ1v) is 7.32. The fourth-order valence-corrected chi connectivity index (χ4v) is 2.36. The normalized spacial score (nSPS) is 20.8. The van der Waals surface area contributed by atoms with E-state index in [0.717, 1.165) is 0 Å². The van der Waals surface area contributed by atoms with E-state index in [-0.39, 0.29) is 37.8 Å². The number of nitrogens with zero attached hydrogens (tertiary/aromatic N) is 1. The molecule has 1 rings (SSSR count). The van der Waals surface area contributed by atoms with E-state index in [4.69, 9.17) is 5.11 Å². The summed E-state index contributed by atoms with van der Waals surface area (Å²) in [5, 5.41) is 14.1. The summed E-state index contributed by atoms with van der Waals surface area (Å²) >= 11 is 0. The van der Waals surface area contributed by atoms with Crippen molar-refractivity contribution in [3.05, 3.63) is 0 Å². The lowest BCUT2D eigenvalue weighted by Gasteiger charge is -2.42. The van der Waals surface area contributed by atoms with Crippen molar-refractivity contribution < 1.29 is 28.2 Å². The lowest BCUT2D eigenvalue weighted by Crippen LogP contribution is -2.56. The molecule has 22 heavy (non-hydrogen) atoms. The second kappa shape index (κ2) is 9.52. The Morgan fingerprint density at radius 1 is 1.41 bits per heavy atom. The van der Waals surface area contributed by atoms with Gasteiger partial charge in [-0.25, -0.2) is 4.79 Å². The van der Waals surface area contributed by atoms with E-state index in [2.05, 4.69) is 15.4 Å². The highest BCUT2D eigenvalue weighted by Gasteiger charge is 2.34. The van der Waals surface area contributed by atoms with Crippen molar-refractivity contribution in [1.82, 2.24) is 15.5 Å². The van der Waals surface area contributed by atoms with Gasteiger partial charge in [-0.15, -0.1) is 0 Å². The van der Waals surface area contributed by atoms with Crippen molar-refractivity contribution in [2.75, 3.05) is 26.2 Å². The number of carboxylic acid groups (broad SMARTS) is 1. The van der Waals surface area contributed by atoms with Crippen LogP contribution in [-0.4, -0.2) is 66.9 Å². The molecule has 0 spiro atoms. The number of aliphatic carboxylic acids is 1. The molecule has 0 atom stereocenters. The van der Waals surface area contributed by atoms with Crippen molar-refractivity contribution in [2.24, 2.45) is 0 Å². The molecule has 0 aliphatic heterocycles. The summed E-state index contributed by atoms with van der Waals surface area (Å²) in [4.78, 5) is 24.1. The molecule has 1 aliphatic rings. The number of likely N-dealkylation sites (N-methyl/N-ethyl adjacent to an activating group) is 1. The molecule has 0 unspecified atom stereocenters. The van der Waals surface area contributed by atoms with Crippen molar-refractivity contribution in [1.29, 1.82) is 0 Å². The molecular formula is C13H23F2N3O4. The third-order valence-corrected chi connectivity index (χ3v) is 3.56. The van der Waals surface area contributed by atoms with Gasteiger partial charge in [0.2, 0.25) is 0 Å². The van der Waals surface area contributed by atoms with Gasteiger partial charge in [0.05, 0.1) is 13.2 Å². The van der Waals surface area contributed by atoms with Crippen LogP contribution in [-0.2, 0) is 9.53 Å². The van der Waals surface area contributed by atoms with E-state index in [1.54, 1.807) is 0 Å². The fraction of sp³-hybridized carbons (Fsp3) is 0.846. The molecule has 0 saturated heterocycles. The highest BCUT2D eigenvalue weighted by atomic mass is 19.3. The lowest BCUT2D eigenvalue weighted by atomic mass is 9.85. The summed E-state index contributed by atoms with van der Waals surface area (Å²) in [5.41, 5.74) is 0. The van der Waals surface area contributed by atoms with Crippen LogP contribution in [0.1, 0.15) is 26.2 Å². The monoisotopic (exact) mass is 323 g/mol. The van der Waals surface area contributed by atoms with Gasteiger partial charge in [0.25, 0.3) is 0 Å². The lowest BCUT2D eigenvalue weighted by molar-refractivity contribution is -0.139. The average Bonchev–Trinajstić information content (AvgIpc) is 2.39. The molecule has 9 heteroatoms. The molecule has 0 aromatic carbocycles. The Balaban J connectivity index is 2.09. The maximum absolute atomic E-state index is 11.7. The molecule has 0 heterocycles. The van der Waals surface area contributed by atoms with E-state index in [0.29, 0.717) is 25.8 Å². The number of urea groups is 1. The van der Waals surface area contributed by atoms with E-state index in [9.17, 15) is 18.4 Å².